The van der Waals surface area contributed by atoms with E-state index in [0.29, 0.717) is 16.6 Å². The molecule has 0 radical (unpaired) electrons. The molecule has 148 valence electrons. The van der Waals surface area contributed by atoms with Gasteiger partial charge < -0.3 is 5.32 Å². The van der Waals surface area contributed by atoms with E-state index in [0.717, 1.165) is 49.1 Å². The summed E-state index contributed by atoms with van der Waals surface area (Å²) in [6, 6.07) is 2.05. The van der Waals surface area contributed by atoms with Crippen molar-refractivity contribution >= 4 is 33.4 Å². The molecule has 1 saturated heterocycles. The average Bonchev–Trinajstić information content (AvgIpc) is 3.34. The Morgan fingerprint density at radius 1 is 1.39 bits per heavy atom. The first kappa shape index (κ1) is 19.0. The Hall–Kier alpha value is -2.32. The quantitative estimate of drug-likeness (QED) is 0.681. The van der Waals surface area contributed by atoms with E-state index in [9.17, 15) is 4.79 Å². The van der Waals surface area contributed by atoms with E-state index in [1.54, 1.807) is 17.5 Å². The Labute approximate surface area is 168 Å². The standard InChI is InChI=1S/C20H26N6OS/c1-4-13(3)26-18-16(10-23-26)15(9-12(2)24-18)19(27)25-20-22-11-17(28-20)14-5-7-21-8-6-14/h9-11,13-14,21H,4-8H2,1-3H3,(H,22,25,27). The van der Waals surface area contributed by atoms with Crippen molar-refractivity contribution < 1.29 is 4.79 Å². The summed E-state index contributed by atoms with van der Waals surface area (Å²) < 4.78 is 1.90. The Bertz CT molecular complexity index is 988. The molecule has 3 aromatic heterocycles. The smallest absolute Gasteiger partial charge is 0.258 e. The van der Waals surface area contributed by atoms with Gasteiger partial charge in [-0.2, -0.15) is 5.10 Å². The lowest BCUT2D eigenvalue weighted by Crippen LogP contribution is -2.26. The first-order valence-corrected chi connectivity index (χ1v) is 10.7. The summed E-state index contributed by atoms with van der Waals surface area (Å²) in [5.74, 6) is 0.374. The number of aryl methyl sites for hydroxylation is 1. The summed E-state index contributed by atoms with van der Waals surface area (Å²) in [5.41, 5.74) is 2.15. The largest absolute Gasteiger partial charge is 0.317 e. The van der Waals surface area contributed by atoms with Crippen LogP contribution in [0.25, 0.3) is 11.0 Å². The number of carbonyl (C=O) groups is 1. The number of fused-ring (bicyclic) bond motifs is 1. The molecule has 28 heavy (non-hydrogen) atoms. The SMILES string of the molecule is CCC(C)n1ncc2c(C(=O)Nc3ncc(C4CCNCC4)s3)cc(C)nc21. The lowest BCUT2D eigenvalue weighted by Gasteiger charge is -2.20. The third-order valence-corrected chi connectivity index (χ3v) is 6.51. The normalized spacial score (nSPS) is 16.4. The Kier molecular flexibility index (Phi) is 5.41. The summed E-state index contributed by atoms with van der Waals surface area (Å²) in [4.78, 5) is 23.3. The van der Waals surface area contributed by atoms with Crippen molar-refractivity contribution in [3.05, 3.63) is 34.6 Å². The van der Waals surface area contributed by atoms with E-state index in [1.165, 1.54) is 4.88 Å². The molecule has 8 heteroatoms. The van der Waals surface area contributed by atoms with Crippen LogP contribution in [0.4, 0.5) is 5.13 Å². The minimum Gasteiger partial charge on any atom is -0.317 e. The fourth-order valence-electron chi connectivity index (χ4n) is 3.63. The van der Waals surface area contributed by atoms with Crippen LogP contribution in [0.1, 0.15) is 66.0 Å². The maximum absolute atomic E-state index is 13.0. The highest BCUT2D eigenvalue weighted by Gasteiger charge is 2.21. The van der Waals surface area contributed by atoms with Gasteiger partial charge in [0.2, 0.25) is 0 Å². The third kappa shape index (κ3) is 3.66. The molecule has 1 atom stereocenters. The Morgan fingerprint density at radius 2 is 2.18 bits per heavy atom. The van der Waals surface area contributed by atoms with Gasteiger partial charge in [0.25, 0.3) is 5.91 Å². The van der Waals surface area contributed by atoms with Gasteiger partial charge in [0.15, 0.2) is 10.8 Å². The minimum atomic E-state index is -0.162. The monoisotopic (exact) mass is 398 g/mol. The number of pyridine rings is 1. The number of hydrogen-bond acceptors (Lipinski definition) is 6. The number of rotatable bonds is 5. The summed E-state index contributed by atoms with van der Waals surface area (Å²) in [7, 11) is 0. The first-order valence-electron chi connectivity index (χ1n) is 9.89. The Balaban J connectivity index is 1.59. The molecular weight excluding hydrogens is 372 g/mol. The highest BCUT2D eigenvalue weighted by Crippen LogP contribution is 2.32. The van der Waals surface area contributed by atoms with Crippen LogP contribution in [-0.4, -0.2) is 38.7 Å². The molecule has 0 bridgehead atoms. The van der Waals surface area contributed by atoms with E-state index >= 15 is 0 Å². The zero-order valence-electron chi connectivity index (χ0n) is 16.5. The van der Waals surface area contributed by atoms with Crippen molar-refractivity contribution in [2.75, 3.05) is 18.4 Å². The number of amides is 1. The fraction of sp³-hybridized carbons (Fsp3) is 0.500. The van der Waals surface area contributed by atoms with Crippen molar-refractivity contribution in [2.45, 2.75) is 52.0 Å². The molecule has 1 unspecified atom stereocenters. The van der Waals surface area contributed by atoms with Gasteiger partial charge in [-0.15, -0.1) is 11.3 Å². The Morgan fingerprint density at radius 3 is 2.93 bits per heavy atom. The van der Waals surface area contributed by atoms with Crippen LogP contribution >= 0.6 is 11.3 Å². The molecule has 1 aliphatic heterocycles. The first-order chi connectivity index (χ1) is 13.6. The maximum Gasteiger partial charge on any atom is 0.258 e. The van der Waals surface area contributed by atoms with Crippen molar-refractivity contribution in [3.63, 3.8) is 0 Å². The van der Waals surface area contributed by atoms with E-state index in [1.807, 2.05) is 23.9 Å². The number of anilines is 1. The van der Waals surface area contributed by atoms with E-state index in [2.05, 4.69) is 39.5 Å². The van der Waals surface area contributed by atoms with Crippen LogP contribution in [0.3, 0.4) is 0 Å². The third-order valence-electron chi connectivity index (χ3n) is 5.43. The average molecular weight is 399 g/mol. The molecule has 4 rings (SSSR count). The van der Waals surface area contributed by atoms with Crippen LogP contribution < -0.4 is 10.6 Å². The van der Waals surface area contributed by atoms with E-state index < -0.39 is 0 Å². The summed E-state index contributed by atoms with van der Waals surface area (Å²) in [6.45, 7) is 8.21. The maximum atomic E-state index is 13.0. The topological polar surface area (TPSA) is 84.7 Å². The predicted octanol–water partition coefficient (Wildman–Crippen LogP) is 3.89. The van der Waals surface area contributed by atoms with Gasteiger partial charge in [-0.1, -0.05) is 6.92 Å². The number of piperidine rings is 1. The van der Waals surface area contributed by atoms with Gasteiger partial charge in [0.05, 0.1) is 23.2 Å². The number of nitrogens with zero attached hydrogens (tertiary/aromatic N) is 4. The molecule has 0 aromatic carbocycles. The molecule has 1 amide bonds. The molecule has 2 N–H and O–H groups in total. The zero-order chi connectivity index (χ0) is 19.7. The van der Waals surface area contributed by atoms with Crippen LogP contribution in [-0.2, 0) is 0 Å². The number of aromatic nitrogens is 4. The van der Waals surface area contributed by atoms with Crippen molar-refractivity contribution in [3.8, 4) is 0 Å². The molecule has 0 aliphatic carbocycles. The number of hydrogen-bond donors (Lipinski definition) is 2. The zero-order valence-corrected chi connectivity index (χ0v) is 17.3. The van der Waals surface area contributed by atoms with Gasteiger partial charge >= 0.3 is 0 Å². The van der Waals surface area contributed by atoms with Gasteiger partial charge in [-0.05, 0) is 58.2 Å². The highest BCUT2D eigenvalue weighted by molar-refractivity contribution is 7.15. The van der Waals surface area contributed by atoms with Crippen molar-refractivity contribution in [2.24, 2.45) is 0 Å². The lowest BCUT2D eigenvalue weighted by atomic mass is 9.97. The second-order valence-corrected chi connectivity index (χ2v) is 8.50. The second kappa shape index (κ2) is 7.97. The molecular formula is C20H26N6OS. The summed E-state index contributed by atoms with van der Waals surface area (Å²) >= 11 is 1.58. The second-order valence-electron chi connectivity index (χ2n) is 7.44. The van der Waals surface area contributed by atoms with Gasteiger partial charge in [0, 0.05) is 16.8 Å². The fourth-order valence-corrected chi connectivity index (χ4v) is 4.61. The molecule has 4 heterocycles. The molecule has 1 aliphatic rings. The summed E-state index contributed by atoms with van der Waals surface area (Å²) in [6.07, 6.45) is 6.84. The highest BCUT2D eigenvalue weighted by atomic mass is 32.1. The molecule has 0 spiro atoms. The van der Waals surface area contributed by atoms with Gasteiger partial charge in [0.1, 0.15) is 0 Å². The van der Waals surface area contributed by atoms with Crippen molar-refractivity contribution in [1.29, 1.82) is 0 Å². The summed E-state index contributed by atoms with van der Waals surface area (Å²) in [5, 5.41) is 12.3. The van der Waals surface area contributed by atoms with Gasteiger partial charge in [-0.25, -0.2) is 14.6 Å². The molecule has 3 aromatic rings. The van der Waals surface area contributed by atoms with Crippen LogP contribution in [0, 0.1) is 6.92 Å². The molecule has 0 saturated carbocycles. The number of nitrogens with one attached hydrogen (secondary N) is 2. The van der Waals surface area contributed by atoms with E-state index in [4.69, 9.17) is 0 Å². The van der Waals surface area contributed by atoms with E-state index in [-0.39, 0.29) is 11.9 Å². The molecule has 1 fully saturated rings. The molecule has 7 nitrogen and oxygen atoms in total. The predicted molar refractivity (Wildman–Crippen MR) is 112 cm³/mol. The van der Waals surface area contributed by atoms with Crippen LogP contribution in [0.2, 0.25) is 0 Å². The minimum absolute atomic E-state index is 0.162. The number of thiazole rings is 1. The van der Waals surface area contributed by atoms with Crippen LogP contribution in [0.15, 0.2) is 18.5 Å². The number of carbonyl (C=O) groups excluding carboxylic acids is 1. The van der Waals surface area contributed by atoms with Crippen LogP contribution in [0.5, 0.6) is 0 Å². The van der Waals surface area contributed by atoms with Gasteiger partial charge in [-0.3, -0.25) is 10.1 Å². The van der Waals surface area contributed by atoms with Crippen molar-refractivity contribution in [1.82, 2.24) is 25.1 Å². The lowest BCUT2D eigenvalue weighted by molar-refractivity contribution is 0.102.